The molecule has 0 bridgehead atoms. The summed E-state index contributed by atoms with van der Waals surface area (Å²) in [6, 6.07) is 0. The van der Waals surface area contributed by atoms with Gasteiger partial charge in [0.05, 0.1) is 0 Å². The largest absolute Gasteiger partial charge is 0.463 e. The van der Waals surface area contributed by atoms with E-state index in [1.807, 2.05) is 0 Å². The number of hydrogen-bond donors (Lipinski definition) is 1. The van der Waals surface area contributed by atoms with Crippen molar-refractivity contribution in [2.45, 2.75) is 103 Å². The van der Waals surface area contributed by atoms with Crippen LogP contribution in [-0.4, -0.2) is 70.6 Å². The Labute approximate surface area is 203 Å². The molecule has 0 amide bonds. The van der Waals surface area contributed by atoms with Crippen molar-refractivity contribution in [2.75, 3.05) is 6.61 Å². The van der Waals surface area contributed by atoms with E-state index in [1.54, 1.807) is 0 Å². The molecule has 1 fully saturated rings. The first kappa shape index (κ1) is 29.7. The van der Waals surface area contributed by atoms with Gasteiger partial charge in [-0.1, -0.05) is 49.5 Å². The number of nitrogens with zero attached hydrogens (tertiary/aromatic N) is 1. The van der Waals surface area contributed by atoms with E-state index in [9.17, 15) is 24.4 Å². The molecule has 1 saturated heterocycles. The Morgan fingerprint density at radius 3 is 1.91 bits per heavy atom. The minimum atomic E-state index is -1.25. The van der Waals surface area contributed by atoms with E-state index in [4.69, 9.17) is 23.7 Å². The summed E-state index contributed by atoms with van der Waals surface area (Å²) in [6.07, 6.45) is 0.749. The van der Waals surface area contributed by atoms with E-state index in [0.717, 1.165) is 57.7 Å². The third-order valence-electron chi connectivity index (χ3n) is 4.81. The molecule has 0 radical (unpaired) electrons. The van der Waals surface area contributed by atoms with Gasteiger partial charge in [0, 0.05) is 27.7 Å². The second-order valence-corrected chi connectivity index (χ2v) is 9.02. The average Bonchev–Trinajstić information content (AvgIpc) is 2.74. The van der Waals surface area contributed by atoms with Crippen LogP contribution in [0.15, 0.2) is 5.16 Å². The maximum atomic E-state index is 11.9. The predicted octanol–water partition coefficient (Wildman–Crippen LogP) is 2.95. The molecule has 0 aromatic rings. The summed E-state index contributed by atoms with van der Waals surface area (Å²) < 4.78 is 27.2. The fourth-order valence-corrected chi connectivity index (χ4v) is 4.55. The van der Waals surface area contributed by atoms with E-state index in [0.29, 0.717) is 11.5 Å². The molecule has 0 aromatic heterocycles. The molecule has 0 saturated carbocycles. The van der Waals surface area contributed by atoms with Gasteiger partial charge in [-0.25, -0.2) is 0 Å². The molecule has 0 spiro atoms. The van der Waals surface area contributed by atoms with Crippen molar-refractivity contribution in [3.8, 4) is 0 Å². The minimum Gasteiger partial charge on any atom is -0.463 e. The first-order valence-corrected chi connectivity index (χ1v) is 12.1. The zero-order chi connectivity index (χ0) is 25.7. The van der Waals surface area contributed by atoms with E-state index in [2.05, 4.69) is 12.1 Å². The lowest BCUT2D eigenvalue weighted by Crippen LogP contribution is -2.61. The van der Waals surface area contributed by atoms with Crippen molar-refractivity contribution in [3.63, 3.8) is 0 Å². The molecule has 0 aliphatic carbocycles. The van der Waals surface area contributed by atoms with Crippen LogP contribution in [0.25, 0.3) is 0 Å². The standard InChI is InChI=1S/C22H35NO10S/c1-6-7-8-9-10-11-18(23-28)34-22-21(32-16(5)27)20(31-15(4)26)19(30-14(3)25)17(33-22)12-29-13(2)24/h17,19-22,28H,6-12H2,1-5H3/b23-18+/t17-,19-,20+,21-,22+/m1/s1. The quantitative estimate of drug-likeness (QED) is 0.0794. The first-order valence-electron chi connectivity index (χ1n) is 11.3. The van der Waals surface area contributed by atoms with Crippen LogP contribution in [0.5, 0.6) is 0 Å². The smallest absolute Gasteiger partial charge is 0.303 e. The van der Waals surface area contributed by atoms with Crippen LogP contribution in [0.1, 0.15) is 73.1 Å². The van der Waals surface area contributed by atoms with Crippen LogP contribution >= 0.6 is 11.8 Å². The highest BCUT2D eigenvalue weighted by Crippen LogP contribution is 2.35. The molecule has 12 heteroatoms. The summed E-state index contributed by atoms with van der Waals surface area (Å²) in [5.74, 6) is -2.68. The normalized spacial score (nSPS) is 24.7. The summed E-state index contributed by atoms with van der Waals surface area (Å²) in [6.45, 7) is 6.50. The first-order chi connectivity index (χ1) is 16.1. The molecule has 34 heavy (non-hydrogen) atoms. The molecular formula is C22H35NO10S. The van der Waals surface area contributed by atoms with Crippen LogP contribution in [0.4, 0.5) is 0 Å². The highest BCUT2D eigenvalue weighted by molar-refractivity contribution is 8.14. The number of unbranched alkanes of at least 4 members (excludes halogenated alkanes) is 4. The molecule has 11 nitrogen and oxygen atoms in total. The molecule has 5 atom stereocenters. The van der Waals surface area contributed by atoms with Crippen molar-refractivity contribution in [3.05, 3.63) is 0 Å². The Morgan fingerprint density at radius 2 is 1.38 bits per heavy atom. The monoisotopic (exact) mass is 505 g/mol. The van der Waals surface area contributed by atoms with E-state index in [-0.39, 0.29) is 6.61 Å². The van der Waals surface area contributed by atoms with Gasteiger partial charge in [0.1, 0.15) is 23.2 Å². The van der Waals surface area contributed by atoms with Gasteiger partial charge in [-0.05, 0) is 12.8 Å². The molecule has 1 aliphatic heterocycles. The van der Waals surface area contributed by atoms with Gasteiger partial charge in [-0.3, -0.25) is 19.2 Å². The fourth-order valence-electron chi connectivity index (χ4n) is 3.43. The highest BCUT2D eigenvalue weighted by Gasteiger charge is 2.52. The molecular weight excluding hydrogens is 470 g/mol. The van der Waals surface area contributed by atoms with Gasteiger partial charge in [0.2, 0.25) is 0 Å². The Bertz CT molecular complexity index is 728. The molecule has 194 valence electrons. The summed E-state index contributed by atoms with van der Waals surface area (Å²) in [5.41, 5.74) is -0.998. The van der Waals surface area contributed by atoms with Gasteiger partial charge >= 0.3 is 23.9 Å². The maximum absolute atomic E-state index is 11.9. The van der Waals surface area contributed by atoms with Gasteiger partial charge < -0.3 is 28.9 Å². The van der Waals surface area contributed by atoms with Crippen molar-refractivity contribution < 1.29 is 48.1 Å². The van der Waals surface area contributed by atoms with Gasteiger partial charge in [-0.2, -0.15) is 0 Å². The number of ether oxygens (including phenoxy) is 5. The topological polar surface area (TPSA) is 147 Å². The number of oxime groups is 1. The number of rotatable bonds is 12. The Balaban J connectivity index is 3.20. The fraction of sp³-hybridized carbons (Fsp3) is 0.773. The zero-order valence-electron chi connectivity index (χ0n) is 20.3. The van der Waals surface area contributed by atoms with E-state index >= 15 is 0 Å². The molecule has 1 aliphatic rings. The average molecular weight is 506 g/mol. The van der Waals surface area contributed by atoms with Crippen molar-refractivity contribution in [1.82, 2.24) is 0 Å². The molecule has 1 heterocycles. The third kappa shape index (κ3) is 10.7. The van der Waals surface area contributed by atoms with Gasteiger partial charge in [0.15, 0.2) is 18.3 Å². The van der Waals surface area contributed by atoms with Crippen LogP contribution in [0, 0.1) is 0 Å². The number of carbonyl (C=O) groups is 4. The SMILES string of the molecule is CCCCCCC/C(=N\O)S[C@@H]1O[C@H](COC(C)=O)[C@@H](OC(C)=O)[C@H](OC(C)=O)[C@H]1OC(C)=O. The van der Waals surface area contributed by atoms with Crippen LogP contribution < -0.4 is 0 Å². The van der Waals surface area contributed by atoms with Gasteiger partial charge in [-0.15, -0.1) is 0 Å². The Morgan fingerprint density at radius 1 is 0.824 bits per heavy atom. The Kier molecular flexibility index (Phi) is 13.6. The van der Waals surface area contributed by atoms with Crippen LogP contribution in [-0.2, 0) is 42.9 Å². The van der Waals surface area contributed by atoms with Crippen molar-refractivity contribution in [2.24, 2.45) is 5.16 Å². The second kappa shape index (κ2) is 15.5. The Hall–Kier alpha value is -2.34. The number of hydrogen-bond acceptors (Lipinski definition) is 12. The predicted molar refractivity (Wildman–Crippen MR) is 122 cm³/mol. The molecule has 0 aromatic carbocycles. The summed E-state index contributed by atoms with van der Waals surface area (Å²) >= 11 is 0.998. The summed E-state index contributed by atoms with van der Waals surface area (Å²) in [4.78, 5) is 46.9. The number of esters is 4. The van der Waals surface area contributed by atoms with Crippen LogP contribution in [0.3, 0.4) is 0 Å². The lowest BCUT2D eigenvalue weighted by molar-refractivity contribution is -0.237. The zero-order valence-corrected chi connectivity index (χ0v) is 21.1. The summed E-state index contributed by atoms with van der Waals surface area (Å²) in [7, 11) is 0. The van der Waals surface area contributed by atoms with Crippen molar-refractivity contribution in [1.29, 1.82) is 0 Å². The third-order valence-corrected chi connectivity index (χ3v) is 5.98. The molecule has 0 unspecified atom stereocenters. The minimum absolute atomic E-state index is 0.308. The van der Waals surface area contributed by atoms with E-state index in [1.165, 1.54) is 13.8 Å². The number of carbonyl (C=O) groups excluding carboxylic acids is 4. The second-order valence-electron chi connectivity index (χ2n) is 7.84. The lowest BCUT2D eigenvalue weighted by atomic mass is 9.99. The maximum Gasteiger partial charge on any atom is 0.303 e. The van der Waals surface area contributed by atoms with Crippen LogP contribution in [0.2, 0.25) is 0 Å². The summed E-state index contributed by atoms with van der Waals surface area (Å²) in [5, 5.41) is 13.2. The molecule has 1 N–H and O–H groups in total. The van der Waals surface area contributed by atoms with E-state index < -0.39 is 53.7 Å². The highest BCUT2D eigenvalue weighted by atomic mass is 32.2. The molecule has 1 rings (SSSR count). The number of thioether (sulfide) groups is 1. The van der Waals surface area contributed by atoms with Crippen molar-refractivity contribution >= 4 is 40.7 Å². The lowest BCUT2D eigenvalue weighted by Gasteiger charge is -2.44. The van der Waals surface area contributed by atoms with Gasteiger partial charge in [0.25, 0.3) is 0 Å².